The van der Waals surface area contributed by atoms with E-state index in [-0.39, 0.29) is 18.9 Å². The van der Waals surface area contributed by atoms with Crippen molar-refractivity contribution in [2.24, 2.45) is 17.6 Å². The van der Waals surface area contributed by atoms with Crippen molar-refractivity contribution in [1.82, 2.24) is 10.2 Å². The lowest BCUT2D eigenvalue weighted by Gasteiger charge is -2.34. The van der Waals surface area contributed by atoms with Gasteiger partial charge in [-0.15, -0.1) is 0 Å². The molecule has 0 aromatic rings. The summed E-state index contributed by atoms with van der Waals surface area (Å²) >= 11 is 0. The summed E-state index contributed by atoms with van der Waals surface area (Å²) in [5.74, 6) is -5.87. The molecule has 0 aromatic heterocycles. The monoisotopic (exact) mass is 463 g/mol. The molecule has 2 amide bonds. The van der Waals surface area contributed by atoms with Gasteiger partial charge in [-0.3, -0.25) is 9.59 Å². The van der Waals surface area contributed by atoms with Crippen LogP contribution in [-0.4, -0.2) is 65.8 Å². The van der Waals surface area contributed by atoms with Crippen LogP contribution in [0, 0.1) is 11.8 Å². The van der Waals surface area contributed by atoms with Gasteiger partial charge in [0.05, 0.1) is 12.1 Å². The van der Waals surface area contributed by atoms with Crippen molar-refractivity contribution in [3.8, 4) is 0 Å². The van der Waals surface area contributed by atoms with Gasteiger partial charge in [-0.2, -0.15) is 26.3 Å². The van der Waals surface area contributed by atoms with Crippen molar-refractivity contribution in [1.29, 1.82) is 0 Å². The van der Waals surface area contributed by atoms with Crippen LogP contribution in [0.15, 0.2) is 0 Å². The second-order valence-electron chi connectivity index (χ2n) is 8.10. The molecule has 31 heavy (non-hydrogen) atoms. The van der Waals surface area contributed by atoms with E-state index in [0.717, 1.165) is 4.90 Å². The Balaban J connectivity index is 3.10. The zero-order valence-corrected chi connectivity index (χ0v) is 17.5. The Morgan fingerprint density at radius 3 is 2.00 bits per heavy atom. The predicted molar refractivity (Wildman–Crippen MR) is 96.3 cm³/mol. The van der Waals surface area contributed by atoms with Crippen molar-refractivity contribution in [3.63, 3.8) is 0 Å². The van der Waals surface area contributed by atoms with Gasteiger partial charge in [-0.1, -0.05) is 27.7 Å². The van der Waals surface area contributed by atoms with Crippen molar-refractivity contribution >= 4 is 17.8 Å². The van der Waals surface area contributed by atoms with Gasteiger partial charge in [0, 0.05) is 6.54 Å². The van der Waals surface area contributed by atoms with Gasteiger partial charge in [0.2, 0.25) is 17.9 Å². The Bertz CT molecular complexity index is 666. The normalized spacial score (nSPS) is 20.5. The number of nitrogens with zero attached hydrogens (tertiary/aromatic N) is 1. The highest BCUT2D eigenvalue weighted by Gasteiger charge is 2.54. The van der Waals surface area contributed by atoms with Crippen molar-refractivity contribution in [3.05, 3.63) is 0 Å². The molecule has 2 unspecified atom stereocenters. The molecular formula is C18H27F6N3O4. The molecular weight excluding hydrogens is 436 g/mol. The van der Waals surface area contributed by atoms with E-state index >= 15 is 0 Å². The summed E-state index contributed by atoms with van der Waals surface area (Å²) in [6.07, 6.45) is -13.7. The lowest BCUT2D eigenvalue weighted by molar-refractivity contribution is -0.252. The molecule has 0 aliphatic carbocycles. The largest absolute Gasteiger partial charge is 0.490 e. The zero-order chi connectivity index (χ0) is 24.3. The maximum atomic E-state index is 13.4. The molecule has 0 radical (unpaired) electrons. The first-order valence-corrected chi connectivity index (χ1v) is 9.69. The summed E-state index contributed by atoms with van der Waals surface area (Å²) < 4.78 is 81.4. The van der Waals surface area contributed by atoms with Crippen LogP contribution < -0.4 is 11.1 Å². The molecule has 1 rings (SSSR count). The van der Waals surface area contributed by atoms with Gasteiger partial charge < -0.3 is 20.7 Å². The highest BCUT2D eigenvalue weighted by molar-refractivity contribution is 5.90. The minimum atomic E-state index is -5.64. The fourth-order valence-corrected chi connectivity index (χ4v) is 3.16. The number of halogens is 6. The molecule has 3 N–H and O–H groups in total. The van der Waals surface area contributed by atoms with Crippen molar-refractivity contribution < 1.29 is 45.5 Å². The molecule has 0 saturated carbocycles. The summed E-state index contributed by atoms with van der Waals surface area (Å²) in [4.78, 5) is 37.4. The highest BCUT2D eigenvalue weighted by atomic mass is 19.4. The quantitative estimate of drug-likeness (QED) is 0.445. The zero-order valence-electron chi connectivity index (χ0n) is 17.5. The average molecular weight is 463 g/mol. The number of nitrogens with one attached hydrogen (secondary N) is 1. The summed E-state index contributed by atoms with van der Waals surface area (Å²) in [6, 6.07) is -4.06. The lowest BCUT2D eigenvalue weighted by atomic mass is 9.97. The van der Waals surface area contributed by atoms with Gasteiger partial charge in [0.1, 0.15) is 6.04 Å². The number of ether oxygens (including phenoxy) is 1. The molecule has 180 valence electrons. The number of amides is 2. The number of likely N-dealkylation sites (tertiary alicyclic amines) is 1. The molecule has 1 heterocycles. The van der Waals surface area contributed by atoms with Crippen LogP contribution in [0.3, 0.4) is 0 Å². The standard InChI is InChI=1S/C18H27F6N3O4/c1-8(2)11(25)15(29)27-7-5-6-10(27)14(28)26-12(9(3)4)13(17(19,20)21)31-16(30)18(22,23)24/h8-13H,5-7,25H2,1-4H3,(H,26,28)/t10?,11-,12?,13-/m0/s1. The number of esters is 1. The minimum Gasteiger partial charge on any atom is -0.444 e. The van der Waals surface area contributed by atoms with Crippen molar-refractivity contribution in [2.45, 2.75) is 77.1 Å². The first-order valence-electron chi connectivity index (χ1n) is 9.69. The van der Waals surface area contributed by atoms with E-state index < -0.39 is 60.3 Å². The first-order chi connectivity index (χ1) is 14.0. The molecule has 1 aliphatic rings. The van der Waals surface area contributed by atoms with Crippen LogP contribution in [0.25, 0.3) is 0 Å². The maximum Gasteiger partial charge on any atom is 0.490 e. The number of carbonyl (C=O) groups is 3. The molecule has 0 bridgehead atoms. The van der Waals surface area contributed by atoms with Crippen molar-refractivity contribution in [2.75, 3.05) is 6.54 Å². The van der Waals surface area contributed by atoms with E-state index in [2.05, 4.69) is 4.74 Å². The van der Waals surface area contributed by atoms with E-state index in [4.69, 9.17) is 5.73 Å². The molecule has 0 aromatic carbocycles. The highest BCUT2D eigenvalue weighted by Crippen LogP contribution is 2.31. The van der Waals surface area contributed by atoms with Crippen LogP contribution in [0.5, 0.6) is 0 Å². The second kappa shape index (κ2) is 10.0. The number of hydrogen-bond acceptors (Lipinski definition) is 5. The Hall–Kier alpha value is -2.05. The van der Waals surface area contributed by atoms with E-state index in [1.54, 1.807) is 13.8 Å². The summed E-state index contributed by atoms with van der Waals surface area (Å²) in [6.45, 7) is 5.97. The SMILES string of the molecule is CC(C)C(NC(=O)C1CCCN1C(=O)[C@@H](N)C(C)C)[C@H](OC(=O)C(F)(F)F)C(F)(F)F. The Kier molecular flexibility index (Phi) is 8.75. The summed E-state index contributed by atoms with van der Waals surface area (Å²) in [5, 5.41) is 2.04. The van der Waals surface area contributed by atoms with Crippen LogP contribution in [-0.2, 0) is 19.1 Å². The summed E-state index contributed by atoms with van der Waals surface area (Å²) in [5.41, 5.74) is 5.82. The van der Waals surface area contributed by atoms with E-state index in [1.165, 1.54) is 13.8 Å². The molecule has 13 heteroatoms. The van der Waals surface area contributed by atoms with Gasteiger partial charge in [-0.05, 0) is 24.7 Å². The Morgan fingerprint density at radius 1 is 1.03 bits per heavy atom. The molecule has 0 spiro atoms. The lowest BCUT2D eigenvalue weighted by Crippen LogP contribution is -2.59. The number of nitrogens with two attached hydrogens (primary N) is 1. The Labute approximate surface area is 175 Å². The molecule has 4 atom stereocenters. The van der Waals surface area contributed by atoms with Crippen LogP contribution in [0.1, 0.15) is 40.5 Å². The van der Waals surface area contributed by atoms with Crippen LogP contribution >= 0.6 is 0 Å². The Morgan fingerprint density at radius 2 is 1.58 bits per heavy atom. The minimum absolute atomic E-state index is 0.145. The summed E-state index contributed by atoms with van der Waals surface area (Å²) in [7, 11) is 0. The van der Waals surface area contributed by atoms with Gasteiger partial charge in [0.25, 0.3) is 0 Å². The van der Waals surface area contributed by atoms with E-state index in [1.807, 2.05) is 5.32 Å². The molecule has 7 nitrogen and oxygen atoms in total. The average Bonchev–Trinajstić information content (AvgIpc) is 3.10. The third-order valence-electron chi connectivity index (χ3n) is 4.98. The van der Waals surface area contributed by atoms with E-state index in [9.17, 15) is 40.7 Å². The third-order valence-corrected chi connectivity index (χ3v) is 4.98. The van der Waals surface area contributed by atoms with Crippen LogP contribution in [0.2, 0.25) is 0 Å². The van der Waals surface area contributed by atoms with Gasteiger partial charge in [0.15, 0.2) is 0 Å². The fraction of sp³-hybridized carbons (Fsp3) is 0.833. The van der Waals surface area contributed by atoms with E-state index in [0.29, 0.717) is 6.42 Å². The number of rotatable bonds is 7. The molecule has 1 fully saturated rings. The topological polar surface area (TPSA) is 102 Å². The van der Waals surface area contributed by atoms with Gasteiger partial charge >= 0.3 is 18.3 Å². The van der Waals surface area contributed by atoms with Gasteiger partial charge in [-0.25, -0.2) is 4.79 Å². The smallest absolute Gasteiger partial charge is 0.444 e. The molecule has 1 saturated heterocycles. The second-order valence-corrected chi connectivity index (χ2v) is 8.10. The third kappa shape index (κ3) is 6.97. The molecule has 1 aliphatic heterocycles. The number of hydrogen-bond donors (Lipinski definition) is 2. The van der Waals surface area contributed by atoms with Crippen LogP contribution in [0.4, 0.5) is 26.3 Å². The predicted octanol–water partition coefficient (Wildman–Crippen LogP) is 2.14. The fourth-order valence-electron chi connectivity index (χ4n) is 3.16. The number of carbonyl (C=O) groups excluding carboxylic acids is 3. The number of alkyl halides is 6. The maximum absolute atomic E-state index is 13.4. The first kappa shape index (κ1) is 27.0.